The third-order valence-corrected chi connectivity index (χ3v) is 5.90. The molecular formula is C11H18N4S3. The van der Waals surface area contributed by atoms with Gasteiger partial charge in [0.1, 0.15) is 10.8 Å². The lowest BCUT2D eigenvalue weighted by Crippen LogP contribution is -2.25. The highest BCUT2D eigenvalue weighted by Gasteiger charge is 2.18. The first-order valence-corrected chi connectivity index (χ1v) is 8.47. The van der Waals surface area contributed by atoms with Gasteiger partial charge in [-0.3, -0.25) is 4.68 Å². The van der Waals surface area contributed by atoms with E-state index in [9.17, 15) is 0 Å². The van der Waals surface area contributed by atoms with Gasteiger partial charge in [-0.2, -0.15) is 28.6 Å². The Hall–Kier alpha value is -0.400. The first-order chi connectivity index (χ1) is 8.59. The summed E-state index contributed by atoms with van der Waals surface area (Å²) in [4.78, 5) is 0.411. The van der Waals surface area contributed by atoms with Crippen LogP contribution in [-0.2, 0) is 7.05 Å². The van der Waals surface area contributed by atoms with E-state index in [1.165, 1.54) is 17.3 Å². The zero-order valence-corrected chi connectivity index (χ0v) is 13.1. The van der Waals surface area contributed by atoms with Gasteiger partial charge in [0.15, 0.2) is 0 Å². The van der Waals surface area contributed by atoms with Crippen molar-refractivity contribution in [2.24, 2.45) is 12.8 Å². The van der Waals surface area contributed by atoms with Crippen LogP contribution in [-0.4, -0.2) is 43.8 Å². The summed E-state index contributed by atoms with van der Waals surface area (Å²) in [5, 5.41) is 8.47. The Kier molecular flexibility index (Phi) is 4.80. The van der Waals surface area contributed by atoms with Gasteiger partial charge in [0.05, 0.1) is 11.3 Å². The first kappa shape index (κ1) is 14.0. The predicted molar refractivity (Wildman–Crippen MR) is 85.9 cm³/mol. The number of hydrogen-bond acceptors (Lipinski definition) is 5. The molecule has 18 heavy (non-hydrogen) atoms. The molecule has 1 atom stereocenters. The van der Waals surface area contributed by atoms with Crippen LogP contribution in [0.15, 0.2) is 0 Å². The largest absolute Gasteiger partial charge is 0.389 e. The van der Waals surface area contributed by atoms with E-state index in [1.807, 2.05) is 42.2 Å². The lowest BCUT2D eigenvalue weighted by Gasteiger charge is -2.22. The summed E-state index contributed by atoms with van der Waals surface area (Å²) >= 11 is 9.15. The van der Waals surface area contributed by atoms with E-state index in [0.717, 1.165) is 23.6 Å². The molecule has 1 aromatic heterocycles. The lowest BCUT2D eigenvalue weighted by atomic mass is 10.2. The van der Waals surface area contributed by atoms with Gasteiger partial charge in [-0.25, -0.2) is 0 Å². The third kappa shape index (κ3) is 3.13. The molecular weight excluding hydrogens is 284 g/mol. The van der Waals surface area contributed by atoms with Gasteiger partial charge in [0, 0.05) is 36.1 Å². The van der Waals surface area contributed by atoms with Crippen LogP contribution in [0.2, 0.25) is 0 Å². The molecule has 0 radical (unpaired) electrons. The molecule has 0 spiro atoms. The standard InChI is InChI=1S/C11H18N4S3/c1-7-9(10(12)16)11(15(2)14-7)13-5-8-6-17-3-4-18-8/h8,13H,3-6H2,1-2H3,(H2,12,16). The van der Waals surface area contributed by atoms with Crippen LogP contribution in [0.4, 0.5) is 5.82 Å². The monoisotopic (exact) mass is 302 g/mol. The Morgan fingerprint density at radius 1 is 1.61 bits per heavy atom. The third-order valence-electron chi connectivity index (χ3n) is 2.85. The lowest BCUT2D eigenvalue weighted by molar-refractivity contribution is 0.757. The van der Waals surface area contributed by atoms with Crippen molar-refractivity contribution in [1.29, 1.82) is 0 Å². The average Bonchev–Trinajstić information content (AvgIpc) is 2.62. The number of hydrogen-bond donors (Lipinski definition) is 2. The van der Waals surface area contributed by atoms with Crippen LogP contribution in [0.1, 0.15) is 11.3 Å². The number of thioether (sulfide) groups is 2. The quantitative estimate of drug-likeness (QED) is 0.825. The van der Waals surface area contributed by atoms with Crippen LogP contribution >= 0.6 is 35.7 Å². The maximum absolute atomic E-state index is 5.77. The van der Waals surface area contributed by atoms with E-state index in [4.69, 9.17) is 18.0 Å². The maximum atomic E-state index is 5.77. The summed E-state index contributed by atoms with van der Waals surface area (Å²) in [6.07, 6.45) is 0. The van der Waals surface area contributed by atoms with Gasteiger partial charge in [-0.05, 0) is 6.92 Å². The maximum Gasteiger partial charge on any atom is 0.134 e. The molecule has 7 heteroatoms. The number of aryl methyl sites for hydroxylation is 2. The van der Waals surface area contributed by atoms with Gasteiger partial charge < -0.3 is 11.1 Å². The van der Waals surface area contributed by atoms with Gasteiger partial charge in [0.25, 0.3) is 0 Å². The molecule has 100 valence electrons. The fourth-order valence-electron chi connectivity index (χ4n) is 2.02. The molecule has 0 aromatic carbocycles. The Morgan fingerprint density at radius 2 is 2.39 bits per heavy atom. The van der Waals surface area contributed by atoms with Gasteiger partial charge in [-0.15, -0.1) is 0 Å². The van der Waals surface area contributed by atoms with Crippen LogP contribution in [0.5, 0.6) is 0 Å². The minimum Gasteiger partial charge on any atom is -0.389 e. The van der Waals surface area contributed by atoms with E-state index >= 15 is 0 Å². The number of nitrogens with one attached hydrogen (secondary N) is 1. The number of anilines is 1. The van der Waals surface area contributed by atoms with Gasteiger partial charge in [0.2, 0.25) is 0 Å². The summed E-state index contributed by atoms with van der Waals surface area (Å²) in [6.45, 7) is 2.87. The summed E-state index contributed by atoms with van der Waals surface area (Å²) in [7, 11) is 1.92. The minimum absolute atomic E-state index is 0.411. The van der Waals surface area contributed by atoms with Crippen LogP contribution in [0, 0.1) is 6.92 Å². The zero-order valence-electron chi connectivity index (χ0n) is 10.6. The number of nitrogens with two attached hydrogens (primary N) is 1. The first-order valence-electron chi connectivity index (χ1n) is 5.86. The Morgan fingerprint density at radius 3 is 3.00 bits per heavy atom. The predicted octanol–water partition coefficient (Wildman–Crippen LogP) is 1.62. The molecule has 1 saturated heterocycles. The summed E-state index contributed by atoms with van der Waals surface area (Å²) in [5.74, 6) is 4.65. The second-order valence-electron chi connectivity index (χ2n) is 4.25. The molecule has 3 N–H and O–H groups in total. The zero-order chi connectivity index (χ0) is 13.1. The molecule has 1 aliphatic heterocycles. The van der Waals surface area contributed by atoms with Crippen molar-refractivity contribution < 1.29 is 0 Å². The molecule has 0 aliphatic carbocycles. The smallest absolute Gasteiger partial charge is 0.134 e. The number of nitrogens with zero attached hydrogens (tertiary/aromatic N) is 2. The molecule has 4 nitrogen and oxygen atoms in total. The molecule has 0 amide bonds. The van der Waals surface area contributed by atoms with Crippen molar-refractivity contribution in [3.8, 4) is 0 Å². The molecule has 2 rings (SSSR count). The second kappa shape index (κ2) is 6.16. The molecule has 1 fully saturated rings. The second-order valence-corrected chi connectivity index (χ2v) is 7.24. The van der Waals surface area contributed by atoms with Gasteiger partial charge >= 0.3 is 0 Å². The molecule has 2 heterocycles. The van der Waals surface area contributed by atoms with E-state index in [-0.39, 0.29) is 0 Å². The molecule has 1 aromatic rings. The average molecular weight is 302 g/mol. The molecule has 1 unspecified atom stereocenters. The number of rotatable bonds is 4. The molecule has 0 saturated carbocycles. The van der Waals surface area contributed by atoms with Crippen molar-refractivity contribution in [2.45, 2.75) is 12.2 Å². The van der Waals surface area contributed by atoms with E-state index in [1.54, 1.807) is 0 Å². The SMILES string of the molecule is Cc1nn(C)c(NCC2CSCCS2)c1C(N)=S. The van der Waals surface area contributed by atoms with Crippen LogP contribution < -0.4 is 11.1 Å². The van der Waals surface area contributed by atoms with Crippen molar-refractivity contribution in [2.75, 3.05) is 29.1 Å². The van der Waals surface area contributed by atoms with Crippen LogP contribution in [0.25, 0.3) is 0 Å². The highest BCUT2D eigenvalue weighted by molar-refractivity contribution is 8.06. The number of aromatic nitrogens is 2. The fourth-order valence-corrected chi connectivity index (χ4v) is 4.88. The molecule has 1 aliphatic rings. The number of thiocarbonyl (C=S) groups is 1. The summed E-state index contributed by atoms with van der Waals surface area (Å²) < 4.78 is 1.82. The summed E-state index contributed by atoms with van der Waals surface area (Å²) in [6, 6.07) is 0. The highest BCUT2D eigenvalue weighted by atomic mass is 32.2. The van der Waals surface area contributed by atoms with E-state index in [2.05, 4.69) is 10.4 Å². The van der Waals surface area contributed by atoms with Crippen molar-refractivity contribution in [3.63, 3.8) is 0 Å². The van der Waals surface area contributed by atoms with E-state index in [0.29, 0.717) is 10.2 Å². The van der Waals surface area contributed by atoms with E-state index < -0.39 is 0 Å². The van der Waals surface area contributed by atoms with Crippen molar-refractivity contribution >= 4 is 46.5 Å². The topological polar surface area (TPSA) is 55.9 Å². The summed E-state index contributed by atoms with van der Waals surface area (Å²) in [5.41, 5.74) is 7.53. The van der Waals surface area contributed by atoms with Crippen molar-refractivity contribution in [1.82, 2.24) is 9.78 Å². The van der Waals surface area contributed by atoms with Gasteiger partial charge in [-0.1, -0.05) is 12.2 Å². The van der Waals surface area contributed by atoms with Crippen molar-refractivity contribution in [3.05, 3.63) is 11.3 Å². The van der Waals surface area contributed by atoms with Crippen LogP contribution in [0.3, 0.4) is 0 Å². The highest BCUT2D eigenvalue weighted by Crippen LogP contribution is 2.25. The normalized spacial score (nSPS) is 19.8. The fraction of sp³-hybridized carbons (Fsp3) is 0.636. The molecule has 0 bridgehead atoms. The Balaban J connectivity index is 2.06. The Labute approximate surface area is 121 Å². The Bertz CT molecular complexity index is 438. The minimum atomic E-state index is 0.411.